The lowest BCUT2D eigenvalue weighted by Crippen LogP contribution is -2.25. The number of hydrogen-bond acceptors (Lipinski definition) is 6. The van der Waals surface area contributed by atoms with E-state index in [0.29, 0.717) is 11.5 Å². The Bertz CT molecular complexity index is 962. The first-order valence-electron chi connectivity index (χ1n) is 9.40. The maximum Gasteiger partial charge on any atom is 0.275 e. The third-order valence-electron chi connectivity index (χ3n) is 4.82. The molecule has 0 aliphatic carbocycles. The molecule has 142 valence electrons. The van der Waals surface area contributed by atoms with E-state index >= 15 is 0 Å². The standard InChI is InChI=1S/C21H22N6O/c1-15-5-2-6-16(24-15)14-27-12-4-9-19(27)17-7-3-8-18(25-17)21(28)26-20-13-22-10-11-23-20/h2-3,5-8,10-11,13,19H,4,9,12,14H2,1H3,(H,23,26,28)/t19-/m1/s1. The van der Waals surface area contributed by atoms with Gasteiger partial charge < -0.3 is 5.32 Å². The summed E-state index contributed by atoms with van der Waals surface area (Å²) < 4.78 is 0. The van der Waals surface area contributed by atoms with Crippen LogP contribution in [-0.4, -0.2) is 37.3 Å². The van der Waals surface area contributed by atoms with Gasteiger partial charge >= 0.3 is 0 Å². The van der Waals surface area contributed by atoms with E-state index in [-0.39, 0.29) is 11.9 Å². The highest BCUT2D eigenvalue weighted by Gasteiger charge is 2.28. The van der Waals surface area contributed by atoms with Crippen molar-refractivity contribution in [1.82, 2.24) is 24.8 Å². The molecule has 7 nitrogen and oxygen atoms in total. The maximum atomic E-state index is 12.5. The fraction of sp³-hybridized carbons (Fsp3) is 0.286. The van der Waals surface area contributed by atoms with Crippen LogP contribution in [0.25, 0.3) is 0 Å². The lowest BCUT2D eigenvalue weighted by Gasteiger charge is -2.24. The van der Waals surface area contributed by atoms with Gasteiger partial charge in [0.05, 0.1) is 23.6 Å². The molecule has 1 aliphatic rings. The quantitative estimate of drug-likeness (QED) is 0.738. The van der Waals surface area contributed by atoms with E-state index in [1.54, 1.807) is 12.3 Å². The van der Waals surface area contributed by atoms with Gasteiger partial charge in [0.2, 0.25) is 0 Å². The molecule has 4 rings (SSSR count). The van der Waals surface area contributed by atoms with Crippen LogP contribution < -0.4 is 5.32 Å². The molecule has 1 amide bonds. The van der Waals surface area contributed by atoms with Crippen LogP contribution in [0.4, 0.5) is 5.82 Å². The summed E-state index contributed by atoms with van der Waals surface area (Å²) in [7, 11) is 0. The van der Waals surface area contributed by atoms with Gasteiger partial charge in [0, 0.05) is 24.6 Å². The van der Waals surface area contributed by atoms with Crippen molar-refractivity contribution in [3.05, 3.63) is 77.8 Å². The number of anilines is 1. The molecule has 1 fully saturated rings. The molecule has 0 spiro atoms. The zero-order valence-corrected chi connectivity index (χ0v) is 15.7. The second kappa shape index (κ2) is 8.22. The summed E-state index contributed by atoms with van der Waals surface area (Å²) in [6, 6.07) is 11.9. The van der Waals surface area contributed by atoms with Crippen molar-refractivity contribution in [2.24, 2.45) is 0 Å². The monoisotopic (exact) mass is 374 g/mol. The smallest absolute Gasteiger partial charge is 0.275 e. The number of carbonyl (C=O) groups is 1. The Morgan fingerprint density at radius 3 is 2.89 bits per heavy atom. The Balaban J connectivity index is 1.50. The second-order valence-corrected chi connectivity index (χ2v) is 6.89. The summed E-state index contributed by atoms with van der Waals surface area (Å²) in [4.78, 5) is 32.2. The van der Waals surface area contributed by atoms with Crippen molar-refractivity contribution in [1.29, 1.82) is 0 Å². The van der Waals surface area contributed by atoms with Crippen LogP contribution in [0.5, 0.6) is 0 Å². The predicted molar refractivity (Wildman–Crippen MR) is 106 cm³/mol. The number of carbonyl (C=O) groups excluding carboxylic acids is 1. The average molecular weight is 374 g/mol. The SMILES string of the molecule is Cc1cccc(CN2CCC[C@@H]2c2cccc(C(=O)Nc3cnccn3)n2)n1. The fourth-order valence-electron chi connectivity index (χ4n) is 3.55. The van der Waals surface area contributed by atoms with Gasteiger partial charge in [0.1, 0.15) is 5.69 Å². The molecule has 3 aromatic rings. The number of aryl methyl sites for hydroxylation is 1. The number of pyridine rings is 2. The van der Waals surface area contributed by atoms with Crippen LogP contribution in [-0.2, 0) is 6.54 Å². The number of amides is 1. The van der Waals surface area contributed by atoms with Crippen molar-refractivity contribution in [2.45, 2.75) is 32.4 Å². The minimum Gasteiger partial charge on any atom is -0.304 e. The molecule has 0 saturated carbocycles. The predicted octanol–water partition coefficient (Wildman–Crippen LogP) is 3.16. The van der Waals surface area contributed by atoms with Crippen molar-refractivity contribution in [3.63, 3.8) is 0 Å². The number of hydrogen-bond donors (Lipinski definition) is 1. The molecule has 1 N–H and O–H groups in total. The number of rotatable bonds is 5. The van der Waals surface area contributed by atoms with E-state index in [0.717, 1.165) is 43.0 Å². The van der Waals surface area contributed by atoms with Crippen molar-refractivity contribution < 1.29 is 4.79 Å². The van der Waals surface area contributed by atoms with E-state index in [1.807, 2.05) is 31.2 Å². The van der Waals surface area contributed by atoms with Crippen molar-refractivity contribution in [3.8, 4) is 0 Å². The van der Waals surface area contributed by atoms with Crippen LogP contribution >= 0.6 is 0 Å². The molecule has 0 unspecified atom stereocenters. The van der Waals surface area contributed by atoms with Crippen molar-refractivity contribution >= 4 is 11.7 Å². The molecule has 1 saturated heterocycles. The van der Waals surface area contributed by atoms with Crippen molar-refractivity contribution in [2.75, 3.05) is 11.9 Å². The average Bonchev–Trinajstić information content (AvgIpc) is 3.17. The molecule has 1 aliphatic heterocycles. The lowest BCUT2D eigenvalue weighted by molar-refractivity contribution is 0.102. The highest BCUT2D eigenvalue weighted by Crippen LogP contribution is 2.32. The first-order chi connectivity index (χ1) is 13.7. The molecule has 28 heavy (non-hydrogen) atoms. The first kappa shape index (κ1) is 18.2. The Kier molecular flexibility index (Phi) is 5.34. The number of nitrogens with zero attached hydrogens (tertiary/aromatic N) is 5. The normalized spacial score (nSPS) is 16.8. The first-order valence-corrected chi connectivity index (χ1v) is 9.40. The van der Waals surface area contributed by atoms with Crippen LogP contribution in [0.15, 0.2) is 55.0 Å². The lowest BCUT2D eigenvalue weighted by atomic mass is 10.1. The molecule has 1 atom stereocenters. The van der Waals surface area contributed by atoms with Crippen LogP contribution in [0.2, 0.25) is 0 Å². The summed E-state index contributed by atoms with van der Waals surface area (Å²) >= 11 is 0. The topological polar surface area (TPSA) is 83.9 Å². The Morgan fingerprint density at radius 1 is 1.18 bits per heavy atom. The Hall–Kier alpha value is -3.19. The van der Waals surface area contributed by atoms with E-state index < -0.39 is 0 Å². The fourth-order valence-corrected chi connectivity index (χ4v) is 3.55. The third kappa shape index (κ3) is 4.20. The molecular weight excluding hydrogens is 352 g/mol. The van der Waals surface area contributed by atoms with Crippen LogP contribution in [0.3, 0.4) is 0 Å². The zero-order chi connectivity index (χ0) is 19.3. The van der Waals surface area contributed by atoms with Gasteiger partial charge in [0.25, 0.3) is 5.91 Å². The molecular formula is C21H22N6O. The molecule has 0 radical (unpaired) electrons. The molecule has 3 aromatic heterocycles. The minimum atomic E-state index is -0.285. The van der Waals surface area contributed by atoms with E-state index in [4.69, 9.17) is 0 Å². The van der Waals surface area contributed by atoms with Crippen LogP contribution in [0.1, 0.15) is 46.5 Å². The summed E-state index contributed by atoms with van der Waals surface area (Å²) in [5.74, 6) is 0.125. The van der Waals surface area contributed by atoms with Gasteiger partial charge in [-0.15, -0.1) is 0 Å². The number of aromatic nitrogens is 4. The van der Waals surface area contributed by atoms with Gasteiger partial charge in [0.15, 0.2) is 5.82 Å². The van der Waals surface area contributed by atoms with E-state index in [9.17, 15) is 4.79 Å². The summed E-state index contributed by atoms with van der Waals surface area (Å²) in [6.45, 7) is 3.79. The molecule has 0 bridgehead atoms. The largest absolute Gasteiger partial charge is 0.304 e. The number of nitrogens with one attached hydrogen (secondary N) is 1. The zero-order valence-electron chi connectivity index (χ0n) is 15.7. The number of likely N-dealkylation sites (tertiary alicyclic amines) is 1. The molecule has 4 heterocycles. The maximum absolute atomic E-state index is 12.5. The van der Waals surface area contributed by atoms with Crippen LogP contribution in [0, 0.1) is 6.92 Å². The van der Waals surface area contributed by atoms with E-state index in [2.05, 4.69) is 36.2 Å². The Labute approximate surface area is 163 Å². The Morgan fingerprint density at radius 2 is 2.07 bits per heavy atom. The van der Waals surface area contributed by atoms with Gasteiger partial charge in [-0.25, -0.2) is 9.97 Å². The highest BCUT2D eigenvalue weighted by atomic mass is 16.1. The molecule has 0 aromatic carbocycles. The summed E-state index contributed by atoms with van der Waals surface area (Å²) in [6.07, 6.45) is 6.74. The third-order valence-corrected chi connectivity index (χ3v) is 4.82. The summed E-state index contributed by atoms with van der Waals surface area (Å²) in [5.41, 5.74) is 3.37. The van der Waals surface area contributed by atoms with Gasteiger partial charge in [-0.3, -0.25) is 19.7 Å². The second-order valence-electron chi connectivity index (χ2n) is 6.89. The van der Waals surface area contributed by atoms with Gasteiger partial charge in [-0.1, -0.05) is 12.1 Å². The molecule has 7 heteroatoms. The summed E-state index contributed by atoms with van der Waals surface area (Å²) in [5, 5.41) is 2.73. The van der Waals surface area contributed by atoms with Gasteiger partial charge in [-0.2, -0.15) is 0 Å². The van der Waals surface area contributed by atoms with E-state index in [1.165, 1.54) is 12.4 Å². The van der Waals surface area contributed by atoms with Gasteiger partial charge in [-0.05, 0) is 50.6 Å². The minimum absolute atomic E-state index is 0.187. The highest BCUT2D eigenvalue weighted by molar-refractivity contribution is 6.02.